The van der Waals surface area contributed by atoms with E-state index in [-0.39, 0.29) is 5.69 Å². The first-order chi connectivity index (χ1) is 10.1. The predicted octanol–water partition coefficient (Wildman–Crippen LogP) is 1.61. The van der Waals surface area contributed by atoms with E-state index >= 15 is 0 Å². The van der Waals surface area contributed by atoms with Crippen LogP contribution in [-0.4, -0.2) is 51.2 Å². The quantitative estimate of drug-likeness (QED) is 0.497. The molecule has 0 saturated heterocycles. The van der Waals surface area contributed by atoms with Gasteiger partial charge in [0.25, 0.3) is 5.78 Å². The Labute approximate surface area is 122 Å². The maximum Gasteiger partial charge on any atom is 0.380 e. The lowest BCUT2D eigenvalue weighted by molar-refractivity contribution is -0.135. The summed E-state index contributed by atoms with van der Waals surface area (Å²) < 4.78 is 9.49. The van der Waals surface area contributed by atoms with Crippen molar-refractivity contribution < 1.29 is 19.1 Å². The Morgan fingerprint density at radius 3 is 2.67 bits per heavy atom. The van der Waals surface area contributed by atoms with Gasteiger partial charge in [0.05, 0.1) is 19.4 Å². The van der Waals surface area contributed by atoms with Crippen LogP contribution in [0, 0.1) is 0 Å². The van der Waals surface area contributed by atoms with Gasteiger partial charge < -0.3 is 19.4 Å². The van der Waals surface area contributed by atoms with Crippen molar-refractivity contribution in [2.24, 2.45) is 0 Å². The van der Waals surface area contributed by atoms with Gasteiger partial charge in [0, 0.05) is 37.3 Å². The van der Waals surface area contributed by atoms with E-state index < -0.39 is 11.8 Å². The number of ketones is 1. The van der Waals surface area contributed by atoms with Crippen LogP contribution >= 0.6 is 0 Å². The van der Waals surface area contributed by atoms with Crippen molar-refractivity contribution in [3.8, 4) is 0 Å². The van der Waals surface area contributed by atoms with Gasteiger partial charge in [0.1, 0.15) is 0 Å². The van der Waals surface area contributed by atoms with E-state index in [1.54, 1.807) is 13.2 Å². The van der Waals surface area contributed by atoms with Crippen LogP contribution in [0.5, 0.6) is 0 Å². The molecule has 6 nitrogen and oxygen atoms in total. The lowest BCUT2D eigenvalue weighted by Crippen LogP contribution is -2.21. The third kappa shape index (κ3) is 3.22. The maximum absolute atomic E-state index is 11.8. The fourth-order valence-electron chi connectivity index (χ4n) is 2.04. The van der Waals surface area contributed by atoms with Crippen molar-refractivity contribution >= 4 is 28.3 Å². The van der Waals surface area contributed by atoms with E-state index in [9.17, 15) is 9.59 Å². The van der Waals surface area contributed by atoms with Crippen molar-refractivity contribution in [2.45, 2.75) is 0 Å². The minimum Gasteiger partial charge on any atom is -0.463 e. The number of nitrogens with zero attached hydrogens (tertiary/aromatic N) is 1. The first-order valence-electron chi connectivity index (χ1n) is 6.52. The minimum absolute atomic E-state index is 0.230. The lowest BCUT2D eigenvalue weighted by Gasteiger charge is -2.18. The molecule has 0 aliphatic heterocycles. The van der Waals surface area contributed by atoms with Crippen LogP contribution in [0.15, 0.2) is 24.3 Å². The zero-order valence-corrected chi connectivity index (χ0v) is 12.3. The molecule has 1 N–H and O–H groups in total. The summed E-state index contributed by atoms with van der Waals surface area (Å²) in [5, 5.41) is 0.865. The molecule has 0 spiro atoms. The van der Waals surface area contributed by atoms with Gasteiger partial charge in [0.15, 0.2) is 0 Å². The number of hydrogen-bond donors (Lipinski definition) is 1. The number of Topliss-reactive ketones (excluding diaryl/α,β-unsaturated/α-hetero) is 1. The Kier molecular flexibility index (Phi) is 4.59. The van der Waals surface area contributed by atoms with Gasteiger partial charge in [-0.15, -0.1) is 0 Å². The molecule has 6 heteroatoms. The third-order valence-electron chi connectivity index (χ3n) is 3.29. The SMILES string of the molecule is COCCN(C)c1ccc2[nH]c(C(=O)C(=O)OC)cc2c1. The topological polar surface area (TPSA) is 71.6 Å². The summed E-state index contributed by atoms with van der Waals surface area (Å²) >= 11 is 0. The van der Waals surface area contributed by atoms with Gasteiger partial charge in [0.2, 0.25) is 0 Å². The molecule has 2 rings (SSSR count). The van der Waals surface area contributed by atoms with Gasteiger partial charge >= 0.3 is 5.97 Å². The van der Waals surface area contributed by atoms with E-state index in [4.69, 9.17) is 4.74 Å². The number of benzene rings is 1. The third-order valence-corrected chi connectivity index (χ3v) is 3.29. The highest BCUT2D eigenvalue weighted by atomic mass is 16.5. The summed E-state index contributed by atoms with van der Waals surface area (Å²) in [6.07, 6.45) is 0. The van der Waals surface area contributed by atoms with Crippen LogP contribution in [0.3, 0.4) is 0 Å². The number of nitrogens with one attached hydrogen (secondary N) is 1. The molecule has 0 amide bonds. The standard InChI is InChI=1S/C15H18N2O4/c1-17(6-7-20-2)11-4-5-12-10(8-11)9-13(16-12)14(18)15(19)21-3/h4-5,8-9,16H,6-7H2,1-3H3. The molecule has 1 aromatic heterocycles. The first-order valence-corrected chi connectivity index (χ1v) is 6.52. The molecule has 0 unspecified atom stereocenters. The second kappa shape index (κ2) is 6.41. The minimum atomic E-state index is -0.876. The van der Waals surface area contributed by atoms with Gasteiger partial charge in [-0.2, -0.15) is 0 Å². The number of esters is 1. The normalized spacial score (nSPS) is 10.6. The molecule has 2 aromatic rings. The van der Waals surface area contributed by atoms with E-state index in [2.05, 4.69) is 14.6 Å². The zero-order valence-electron chi connectivity index (χ0n) is 12.3. The number of likely N-dealkylation sites (N-methyl/N-ethyl adjacent to an activating group) is 1. The number of carbonyl (C=O) groups is 2. The Morgan fingerprint density at radius 2 is 2.00 bits per heavy atom. The fourth-order valence-corrected chi connectivity index (χ4v) is 2.04. The van der Waals surface area contributed by atoms with E-state index in [1.165, 1.54) is 7.11 Å². The molecule has 0 bridgehead atoms. The molecule has 0 aliphatic rings. The molecular formula is C15H18N2O4. The van der Waals surface area contributed by atoms with Gasteiger partial charge in [-0.25, -0.2) is 4.79 Å². The molecule has 0 fully saturated rings. The van der Waals surface area contributed by atoms with Gasteiger partial charge in [-0.05, 0) is 24.3 Å². The van der Waals surface area contributed by atoms with Crippen LogP contribution in [0.25, 0.3) is 10.9 Å². The van der Waals surface area contributed by atoms with Crippen molar-refractivity contribution in [3.63, 3.8) is 0 Å². The predicted molar refractivity (Wildman–Crippen MR) is 79.8 cm³/mol. The maximum atomic E-state index is 11.8. The fraction of sp³-hybridized carbons (Fsp3) is 0.333. The Hall–Kier alpha value is -2.34. The van der Waals surface area contributed by atoms with Crippen LogP contribution in [0.2, 0.25) is 0 Å². The van der Waals surface area contributed by atoms with E-state index in [0.717, 1.165) is 23.1 Å². The number of H-pyrrole nitrogens is 1. The highest BCUT2D eigenvalue weighted by Crippen LogP contribution is 2.22. The summed E-state index contributed by atoms with van der Waals surface area (Å²) in [6, 6.07) is 7.43. The number of rotatable bonds is 6. The number of hydrogen-bond acceptors (Lipinski definition) is 5. The highest BCUT2D eigenvalue weighted by molar-refractivity contribution is 6.40. The van der Waals surface area contributed by atoms with Gasteiger partial charge in [-0.3, -0.25) is 4.79 Å². The average Bonchev–Trinajstić information content (AvgIpc) is 2.93. The second-order valence-electron chi connectivity index (χ2n) is 4.69. The van der Waals surface area contributed by atoms with Crippen LogP contribution in [0.1, 0.15) is 10.5 Å². The molecule has 1 aromatic carbocycles. The summed E-state index contributed by atoms with van der Waals surface area (Å²) in [5.41, 5.74) is 2.04. The smallest absolute Gasteiger partial charge is 0.380 e. The number of ether oxygens (including phenoxy) is 2. The average molecular weight is 290 g/mol. The zero-order chi connectivity index (χ0) is 15.4. The molecule has 0 aliphatic carbocycles. The van der Waals surface area contributed by atoms with Crippen molar-refractivity contribution in [2.75, 3.05) is 39.3 Å². The van der Waals surface area contributed by atoms with Crippen LogP contribution in [0.4, 0.5) is 5.69 Å². The van der Waals surface area contributed by atoms with E-state index in [0.29, 0.717) is 6.61 Å². The number of fused-ring (bicyclic) bond motifs is 1. The highest BCUT2D eigenvalue weighted by Gasteiger charge is 2.19. The Bertz CT molecular complexity index is 663. The number of aromatic nitrogens is 1. The number of methoxy groups -OCH3 is 2. The van der Waals surface area contributed by atoms with Crippen molar-refractivity contribution in [1.82, 2.24) is 4.98 Å². The van der Waals surface area contributed by atoms with E-state index in [1.807, 2.05) is 25.2 Å². The van der Waals surface area contributed by atoms with Crippen molar-refractivity contribution in [1.29, 1.82) is 0 Å². The Morgan fingerprint density at radius 1 is 1.24 bits per heavy atom. The summed E-state index contributed by atoms with van der Waals surface area (Å²) in [6.45, 7) is 1.40. The summed E-state index contributed by atoms with van der Waals surface area (Å²) in [7, 11) is 4.81. The Balaban J connectivity index is 2.28. The molecule has 112 valence electrons. The molecular weight excluding hydrogens is 272 g/mol. The molecule has 0 atom stereocenters. The largest absolute Gasteiger partial charge is 0.463 e. The van der Waals surface area contributed by atoms with Crippen LogP contribution < -0.4 is 4.90 Å². The molecule has 0 saturated carbocycles. The lowest BCUT2D eigenvalue weighted by atomic mass is 10.2. The number of aromatic amines is 1. The van der Waals surface area contributed by atoms with Crippen LogP contribution in [-0.2, 0) is 14.3 Å². The second-order valence-corrected chi connectivity index (χ2v) is 4.69. The molecule has 1 heterocycles. The number of anilines is 1. The monoisotopic (exact) mass is 290 g/mol. The number of carbonyl (C=O) groups excluding carboxylic acids is 2. The van der Waals surface area contributed by atoms with Gasteiger partial charge in [-0.1, -0.05) is 0 Å². The summed E-state index contributed by atoms with van der Waals surface area (Å²) in [4.78, 5) is 28.0. The first kappa shape index (κ1) is 15.1. The van der Waals surface area contributed by atoms with Crippen molar-refractivity contribution in [3.05, 3.63) is 30.0 Å². The molecule has 0 radical (unpaired) electrons. The summed E-state index contributed by atoms with van der Waals surface area (Å²) in [5.74, 6) is -1.55. The molecule has 21 heavy (non-hydrogen) atoms.